The van der Waals surface area contributed by atoms with E-state index in [2.05, 4.69) is 193 Å². The molecule has 4 aliphatic rings. The largest absolute Gasteiger partial charge is 0.490 e. The Morgan fingerprint density at radius 3 is 1.44 bits per heavy atom. The van der Waals surface area contributed by atoms with Crippen LogP contribution in [0.2, 0.25) is 0 Å². The highest BCUT2D eigenvalue weighted by molar-refractivity contribution is 5.87. The molecule has 3 aliphatic carbocycles. The third kappa shape index (κ3) is 4.52. The van der Waals surface area contributed by atoms with Crippen molar-refractivity contribution in [2.75, 3.05) is 7.05 Å². The van der Waals surface area contributed by atoms with Gasteiger partial charge in [0.2, 0.25) is 12.4 Å². The van der Waals surface area contributed by atoms with Crippen molar-refractivity contribution in [3.63, 3.8) is 0 Å². The maximum atomic E-state index is 5.16. The topological polar surface area (TPSA) is 57.6 Å². The Hall–Kier alpha value is -8.18. The second-order valence-electron chi connectivity index (χ2n) is 16.8. The van der Waals surface area contributed by atoms with Crippen LogP contribution in [0.3, 0.4) is 0 Å². The van der Waals surface area contributed by atoms with Crippen LogP contribution in [-0.2, 0) is 16.4 Å². The molecule has 0 bridgehead atoms. The van der Waals surface area contributed by atoms with Crippen LogP contribution >= 0.6 is 0 Å². The van der Waals surface area contributed by atoms with Gasteiger partial charge in [0.1, 0.15) is 0 Å². The minimum Gasteiger partial charge on any atom is -0.260 e. The minimum absolute atomic E-state index is 0.732. The van der Waals surface area contributed by atoms with Gasteiger partial charge >= 0.3 is 6.01 Å². The molecule has 0 N–H and O–H groups in total. The monoisotopic (exact) mass is 806 g/mol. The van der Waals surface area contributed by atoms with Gasteiger partial charge in [-0.05, 0) is 81.4 Å². The maximum absolute atomic E-state index is 5.16. The second-order valence-corrected chi connectivity index (χ2v) is 16.8. The molecule has 0 saturated carbocycles. The molecule has 63 heavy (non-hydrogen) atoms. The fraction of sp³-hybridized carbons (Fsp3) is 0.0702. The first-order chi connectivity index (χ1) is 31.2. The molecule has 9 aromatic rings. The molecular formula is C57H38N6+2. The molecule has 3 unspecified atom stereocenters. The van der Waals surface area contributed by atoms with E-state index >= 15 is 0 Å². The normalized spacial score (nSPS) is 20.5. The molecule has 0 amide bonds. The van der Waals surface area contributed by atoms with Crippen LogP contribution in [0, 0.1) is 0 Å². The number of fused-ring (bicyclic) bond motifs is 9. The van der Waals surface area contributed by atoms with Crippen molar-refractivity contribution < 1.29 is 9.15 Å². The van der Waals surface area contributed by atoms with Crippen LogP contribution in [0.25, 0.3) is 33.8 Å². The third-order valence-corrected chi connectivity index (χ3v) is 13.9. The summed E-state index contributed by atoms with van der Waals surface area (Å²) in [6, 6.07) is 67.6. The van der Waals surface area contributed by atoms with Gasteiger partial charge in [0.05, 0.1) is 39.2 Å². The van der Waals surface area contributed by atoms with Crippen LogP contribution in [0.1, 0.15) is 61.3 Å². The summed E-state index contributed by atoms with van der Waals surface area (Å²) in [6.07, 6.45) is 11.8. The van der Waals surface area contributed by atoms with Crippen molar-refractivity contribution in [1.82, 2.24) is 19.9 Å². The summed E-state index contributed by atoms with van der Waals surface area (Å²) < 4.78 is 4.24. The molecule has 294 valence electrons. The van der Waals surface area contributed by atoms with Crippen LogP contribution in [0.5, 0.6) is 0 Å². The summed E-state index contributed by atoms with van der Waals surface area (Å²) in [5.74, 6) is 0. The van der Waals surface area contributed by atoms with Crippen LogP contribution in [0.15, 0.2) is 213 Å². The standard InChI is InChI=1S/C57H38N6/c1-62-33-34-63(37-62)57(47-24-7-4-21-44(47)54-50(57)27-14-32-61-54)41-18-11-16-39(36-41)55(45-22-5-2-19-42(45)52-48(55)25-12-30-59-52)38-15-10-17-40(35-38)56(51-28-8-9-29-58-51)46-23-6-3-20-43(46)53-49(56)26-13-31-60-53/h2-36H,1H3/q+2. The molecule has 4 aromatic heterocycles. The SMILES string of the molecule is C[N+]1=C=[N+](C2(c3cccc(C4(c5cccc(C6(c7ccccn7)c7ccccc7-c7ncccc76)c5)c5ccccc5-c5ncccc54)c3)c3ccccc3-c3ncccc32)C=C1. The number of hydrogen-bond acceptors (Lipinski definition) is 4. The number of pyridine rings is 4. The number of aromatic nitrogens is 4. The number of benzene rings is 5. The molecular weight excluding hydrogens is 769 g/mol. The van der Waals surface area contributed by atoms with Gasteiger partial charge < -0.3 is 0 Å². The van der Waals surface area contributed by atoms with Gasteiger partial charge in [0, 0.05) is 52.6 Å². The van der Waals surface area contributed by atoms with Crippen molar-refractivity contribution in [2.24, 2.45) is 0 Å². The predicted octanol–water partition coefficient (Wildman–Crippen LogP) is 10.6. The molecule has 1 aliphatic heterocycles. The lowest BCUT2D eigenvalue weighted by molar-refractivity contribution is -0.533. The lowest BCUT2D eigenvalue weighted by Gasteiger charge is -2.37. The Labute approximate surface area is 365 Å². The first-order valence-electron chi connectivity index (χ1n) is 21.4. The van der Waals surface area contributed by atoms with Crippen molar-refractivity contribution in [1.29, 1.82) is 0 Å². The smallest absolute Gasteiger partial charge is 0.260 e. The van der Waals surface area contributed by atoms with Crippen LogP contribution in [-0.4, -0.2) is 42.1 Å². The maximum Gasteiger partial charge on any atom is 0.490 e. The highest BCUT2D eigenvalue weighted by Gasteiger charge is 2.58. The zero-order valence-electron chi connectivity index (χ0n) is 34.4. The minimum atomic E-state index is -0.768. The predicted molar refractivity (Wildman–Crippen MR) is 245 cm³/mol. The van der Waals surface area contributed by atoms with Crippen LogP contribution in [0.4, 0.5) is 0 Å². The number of rotatable bonds is 6. The molecule has 13 rings (SSSR count). The number of hydrogen-bond donors (Lipinski definition) is 0. The van der Waals surface area contributed by atoms with E-state index in [4.69, 9.17) is 19.9 Å². The van der Waals surface area contributed by atoms with E-state index in [-0.39, 0.29) is 0 Å². The van der Waals surface area contributed by atoms with Crippen molar-refractivity contribution >= 4 is 6.01 Å². The summed E-state index contributed by atoms with van der Waals surface area (Å²) in [5.41, 5.74) is 16.5. The first kappa shape index (κ1) is 35.6. The summed E-state index contributed by atoms with van der Waals surface area (Å²) in [5, 5.41) is 0. The molecule has 0 spiro atoms. The van der Waals surface area contributed by atoms with Crippen molar-refractivity contribution in [3.8, 4) is 33.8 Å². The average molecular weight is 807 g/mol. The molecule has 0 radical (unpaired) electrons. The average Bonchev–Trinajstić information content (AvgIpc) is 4.09. The van der Waals surface area contributed by atoms with E-state index in [9.17, 15) is 0 Å². The fourth-order valence-corrected chi connectivity index (χ4v) is 11.6. The van der Waals surface area contributed by atoms with Gasteiger partial charge in [0.25, 0.3) is 5.54 Å². The lowest BCUT2D eigenvalue weighted by atomic mass is 9.64. The van der Waals surface area contributed by atoms with Gasteiger partial charge in [0.15, 0.2) is 7.05 Å². The Kier molecular flexibility index (Phi) is 7.43. The first-order valence-corrected chi connectivity index (χ1v) is 21.4. The third-order valence-electron chi connectivity index (χ3n) is 13.9. The molecule has 5 heterocycles. The Morgan fingerprint density at radius 2 is 0.841 bits per heavy atom. The Morgan fingerprint density at radius 1 is 0.381 bits per heavy atom. The van der Waals surface area contributed by atoms with E-state index in [1.807, 2.05) is 42.5 Å². The van der Waals surface area contributed by atoms with Crippen LogP contribution < -0.4 is 0 Å². The molecule has 5 aromatic carbocycles. The number of nitrogens with zero attached hydrogens (tertiary/aromatic N) is 6. The van der Waals surface area contributed by atoms with Gasteiger partial charge in [-0.15, -0.1) is 0 Å². The summed E-state index contributed by atoms with van der Waals surface area (Å²) in [7, 11) is 2.03. The summed E-state index contributed by atoms with van der Waals surface area (Å²) in [6.45, 7) is 0. The molecule has 3 atom stereocenters. The summed E-state index contributed by atoms with van der Waals surface area (Å²) >= 11 is 0. The fourth-order valence-electron chi connectivity index (χ4n) is 11.6. The van der Waals surface area contributed by atoms with Gasteiger partial charge in [-0.25, -0.2) is 0 Å². The Balaban J connectivity index is 1.14. The Bertz CT molecular complexity index is 3350. The zero-order chi connectivity index (χ0) is 41.8. The quantitative estimate of drug-likeness (QED) is 0.157. The van der Waals surface area contributed by atoms with E-state index in [1.54, 1.807) is 0 Å². The van der Waals surface area contributed by atoms with E-state index in [0.29, 0.717) is 0 Å². The zero-order valence-corrected chi connectivity index (χ0v) is 34.4. The van der Waals surface area contributed by atoms with Gasteiger partial charge in [-0.2, -0.15) is 0 Å². The highest BCUT2D eigenvalue weighted by atomic mass is 15.2. The van der Waals surface area contributed by atoms with Crippen molar-refractivity contribution in [2.45, 2.75) is 16.4 Å². The van der Waals surface area contributed by atoms with Gasteiger partial charge in [-0.1, -0.05) is 143 Å². The van der Waals surface area contributed by atoms with E-state index in [1.165, 1.54) is 11.1 Å². The summed E-state index contributed by atoms with van der Waals surface area (Å²) in [4.78, 5) is 20.4. The van der Waals surface area contributed by atoms with Crippen molar-refractivity contribution in [3.05, 3.63) is 274 Å². The molecule has 6 heteroatoms. The molecule has 6 nitrogen and oxygen atoms in total. The van der Waals surface area contributed by atoms with E-state index < -0.39 is 16.4 Å². The lowest BCUT2D eigenvalue weighted by Crippen LogP contribution is -2.38. The van der Waals surface area contributed by atoms with Gasteiger partial charge in [-0.3, -0.25) is 19.9 Å². The second kappa shape index (κ2) is 13.2. The molecule has 0 fully saturated rings. The van der Waals surface area contributed by atoms with E-state index in [0.717, 1.165) is 84.0 Å². The molecule has 0 saturated heterocycles. The highest BCUT2D eigenvalue weighted by Crippen LogP contribution is 2.60.